The van der Waals surface area contributed by atoms with Crippen molar-refractivity contribution in [2.45, 2.75) is 6.54 Å². The predicted octanol–water partition coefficient (Wildman–Crippen LogP) is 3.54. The number of halogens is 2. The highest BCUT2D eigenvalue weighted by molar-refractivity contribution is 5.91. The Bertz CT molecular complexity index is 789. The molecule has 0 heterocycles. The Labute approximate surface area is 137 Å². The van der Waals surface area contributed by atoms with Crippen LogP contribution >= 0.6 is 0 Å². The molecular formula is C17H14F2N2O3. The Morgan fingerprint density at radius 2 is 1.88 bits per heavy atom. The third-order valence-electron chi connectivity index (χ3n) is 3.32. The maximum Gasteiger partial charge on any atom is 0.269 e. The first-order valence-corrected chi connectivity index (χ1v) is 6.98. The Morgan fingerprint density at radius 3 is 2.46 bits per heavy atom. The number of nitro benzene ring substituents is 1. The number of hydrogen-bond acceptors (Lipinski definition) is 3. The van der Waals surface area contributed by atoms with E-state index in [0.717, 1.165) is 12.1 Å². The first-order chi connectivity index (χ1) is 11.4. The molecular weight excluding hydrogens is 318 g/mol. The van der Waals surface area contributed by atoms with E-state index in [2.05, 4.69) is 0 Å². The van der Waals surface area contributed by atoms with E-state index in [-0.39, 0.29) is 23.7 Å². The lowest BCUT2D eigenvalue weighted by atomic mass is 10.2. The lowest BCUT2D eigenvalue weighted by molar-refractivity contribution is -0.384. The van der Waals surface area contributed by atoms with Crippen molar-refractivity contribution in [3.63, 3.8) is 0 Å². The van der Waals surface area contributed by atoms with Gasteiger partial charge in [0.2, 0.25) is 5.91 Å². The number of non-ortho nitro benzene ring substituents is 1. The van der Waals surface area contributed by atoms with Gasteiger partial charge in [-0.3, -0.25) is 14.9 Å². The molecule has 0 atom stereocenters. The van der Waals surface area contributed by atoms with Gasteiger partial charge in [-0.25, -0.2) is 8.78 Å². The molecule has 0 bridgehead atoms. The van der Waals surface area contributed by atoms with Crippen LogP contribution in [0.25, 0.3) is 6.08 Å². The fourth-order valence-electron chi connectivity index (χ4n) is 1.99. The summed E-state index contributed by atoms with van der Waals surface area (Å²) in [4.78, 5) is 23.3. The molecule has 124 valence electrons. The number of hydrogen-bond donors (Lipinski definition) is 0. The summed E-state index contributed by atoms with van der Waals surface area (Å²) in [6, 6.07) is 8.88. The summed E-state index contributed by atoms with van der Waals surface area (Å²) >= 11 is 0. The molecule has 5 nitrogen and oxygen atoms in total. The van der Waals surface area contributed by atoms with Crippen molar-refractivity contribution in [3.05, 3.63) is 81.4 Å². The van der Waals surface area contributed by atoms with Crippen LogP contribution in [0, 0.1) is 21.7 Å². The number of nitrogens with zero attached hydrogens (tertiary/aromatic N) is 2. The minimum absolute atomic E-state index is 0.00442. The molecule has 0 aliphatic carbocycles. The van der Waals surface area contributed by atoms with Gasteiger partial charge in [-0.15, -0.1) is 0 Å². The predicted molar refractivity (Wildman–Crippen MR) is 85.0 cm³/mol. The second-order valence-corrected chi connectivity index (χ2v) is 5.11. The highest BCUT2D eigenvalue weighted by atomic mass is 19.1. The number of likely N-dealkylation sites (N-methyl/N-ethyl adjacent to an activating group) is 1. The van der Waals surface area contributed by atoms with Crippen LogP contribution in [0.5, 0.6) is 0 Å². The van der Waals surface area contributed by atoms with Crippen LogP contribution in [0.15, 0.2) is 48.5 Å². The van der Waals surface area contributed by atoms with Gasteiger partial charge in [0, 0.05) is 43.4 Å². The second kappa shape index (κ2) is 7.45. The zero-order valence-corrected chi connectivity index (χ0v) is 12.8. The van der Waals surface area contributed by atoms with Crippen molar-refractivity contribution < 1.29 is 18.5 Å². The number of amides is 1. The Morgan fingerprint density at radius 1 is 1.21 bits per heavy atom. The van der Waals surface area contributed by atoms with E-state index in [1.165, 1.54) is 54.4 Å². The molecule has 0 unspecified atom stereocenters. The van der Waals surface area contributed by atoms with Crippen LogP contribution in [-0.2, 0) is 11.3 Å². The Hall–Kier alpha value is -3.09. The molecule has 0 spiro atoms. The number of nitro groups is 1. The van der Waals surface area contributed by atoms with Crippen molar-refractivity contribution in [2.24, 2.45) is 0 Å². The summed E-state index contributed by atoms with van der Waals surface area (Å²) < 4.78 is 26.4. The molecule has 0 fully saturated rings. The molecule has 0 saturated heterocycles. The SMILES string of the molecule is CN(Cc1ccc(F)cc1F)C(=O)/C=C/c1ccc([N+](=O)[O-])cc1. The summed E-state index contributed by atoms with van der Waals surface area (Å²) in [5.74, 6) is -1.77. The van der Waals surface area contributed by atoms with Crippen molar-refractivity contribution in [1.82, 2.24) is 4.90 Å². The summed E-state index contributed by atoms with van der Waals surface area (Å²) in [5.41, 5.74) is 0.786. The van der Waals surface area contributed by atoms with E-state index in [1.807, 2.05) is 0 Å². The van der Waals surface area contributed by atoms with Crippen molar-refractivity contribution in [2.75, 3.05) is 7.05 Å². The third kappa shape index (κ3) is 4.45. The van der Waals surface area contributed by atoms with Gasteiger partial charge in [-0.05, 0) is 29.8 Å². The minimum atomic E-state index is -0.714. The van der Waals surface area contributed by atoms with E-state index in [4.69, 9.17) is 0 Å². The molecule has 2 aromatic carbocycles. The Kier molecular flexibility index (Phi) is 5.36. The lowest BCUT2D eigenvalue weighted by Gasteiger charge is -2.15. The van der Waals surface area contributed by atoms with Crippen LogP contribution in [0.2, 0.25) is 0 Å². The highest BCUT2D eigenvalue weighted by Crippen LogP contribution is 2.14. The minimum Gasteiger partial charge on any atom is -0.338 e. The first-order valence-electron chi connectivity index (χ1n) is 6.98. The second-order valence-electron chi connectivity index (χ2n) is 5.11. The van der Waals surface area contributed by atoms with Gasteiger partial charge in [-0.2, -0.15) is 0 Å². The van der Waals surface area contributed by atoms with Gasteiger partial charge in [0.25, 0.3) is 5.69 Å². The Balaban J connectivity index is 2.01. The van der Waals surface area contributed by atoms with Gasteiger partial charge in [0.15, 0.2) is 0 Å². The van der Waals surface area contributed by atoms with Gasteiger partial charge >= 0.3 is 0 Å². The third-order valence-corrected chi connectivity index (χ3v) is 3.32. The molecule has 0 saturated carbocycles. The van der Waals surface area contributed by atoms with Crippen molar-refractivity contribution in [3.8, 4) is 0 Å². The number of rotatable bonds is 5. The summed E-state index contributed by atoms with van der Waals surface area (Å²) in [5, 5.41) is 10.6. The standard InChI is InChI=1S/C17H14F2N2O3/c1-20(11-13-5-6-14(18)10-16(13)19)17(22)9-4-12-2-7-15(8-3-12)21(23)24/h2-10H,11H2,1H3/b9-4+. The van der Waals surface area contributed by atoms with Crippen molar-refractivity contribution in [1.29, 1.82) is 0 Å². The molecule has 24 heavy (non-hydrogen) atoms. The zero-order chi connectivity index (χ0) is 17.7. The molecule has 0 aliphatic heterocycles. The molecule has 1 amide bonds. The number of benzene rings is 2. The normalized spacial score (nSPS) is 10.8. The maximum absolute atomic E-state index is 13.6. The molecule has 7 heteroatoms. The molecule has 2 rings (SSSR count). The molecule has 0 N–H and O–H groups in total. The van der Waals surface area contributed by atoms with E-state index < -0.39 is 16.6 Å². The van der Waals surface area contributed by atoms with Gasteiger partial charge in [-0.1, -0.05) is 6.07 Å². The number of carbonyl (C=O) groups is 1. The average Bonchev–Trinajstić information content (AvgIpc) is 2.55. The highest BCUT2D eigenvalue weighted by Gasteiger charge is 2.10. The first kappa shape index (κ1) is 17.3. The van der Waals surface area contributed by atoms with Gasteiger partial charge in [0.05, 0.1) is 4.92 Å². The van der Waals surface area contributed by atoms with E-state index in [0.29, 0.717) is 5.56 Å². The summed E-state index contributed by atoms with van der Waals surface area (Å²) in [6.45, 7) is -0.00442. The van der Waals surface area contributed by atoms with Crippen LogP contribution in [0.4, 0.5) is 14.5 Å². The molecule has 0 aromatic heterocycles. The largest absolute Gasteiger partial charge is 0.338 e. The fraction of sp³-hybridized carbons (Fsp3) is 0.118. The quantitative estimate of drug-likeness (QED) is 0.478. The van der Waals surface area contributed by atoms with Crippen molar-refractivity contribution >= 4 is 17.7 Å². The summed E-state index contributed by atoms with van der Waals surface area (Å²) in [7, 11) is 1.49. The van der Waals surface area contributed by atoms with Gasteiger partial charge in [0.1, 0.15) is 11.6 Å². The summed E-state index contributed by atoms with van der Waals surface area (Å²) in [6.07, 6.45) is 2.78. The van der Waals surface area contributed by atoms with Crippen LogP contribution in [0.3, 0.4) is 0 Å². The molecule has 0 radical (unpaired) electrons. The fourth-order valence-corrected chi connectivity index (χ4v) is 1.99. The molecule has 2 aromatic rings. The van der Waals surface area contributed by atoms with E-state index >= 15 is 0 Å². The van der Waals surface area contributed by atoms with E-state index in [1.54, 1.807) is 0 Å². The number of carbonyl (C=O) groups excluding carboxylic acids is 1. The zero-order valence-electron chi connectivity index (χ0n) is 12.8. The maximum atomic E-state index is 13.6. The average molecular weight is 332 g/mol. The van der Waals surface area contributed by atoms with Crippen LogP contribution in [-0.4, -0.2) is 22.8 Å². The monoisotopic (exact) mass is 332 g/mol. The van der Waals surface area contributed by atoms with Gasteiger partial charge < -0.3 is 4.90 Å². The smallest absolute Gasteiger partial charge is 0.269 e. The van der Waals surface area contributed by atoms with Crippen LogP contribution < -0.4 is 0 Å². The molecule has 0 aliphatic rings. The topological polar surface area (TPSA) is 63.5 Å². The lowest BCUT2D eigenvalue weighted by Crippen LogP contribution is -2.24. The van der Waals surface area contributed by atoms with E-state index in [9.17, 15) is 23.7 Å². The van der Waals surface area contributed by atoms with Crippen LogP contribution in [0.1, 0.15) is 11.1 Å².